The van der Waals surface area contributed by atoms with Gasteiger partial charge in [-0.1, -0.05) is 0 Å². The van der Waals surface area contributed by atoms with Gasteiger partial charge in [-0.3, -0.25) is 4.79 Å². The van der Waals surface area contributed by atoms with Crippen LogP contribution in [0.3, 0.4) is 0 Å². The third kappa shape index (κ3) is 2.33. The minimum atomic E-state index is -1.24. The van der Waals surface area contributed by atoms with Crippen LogP contribution in [0, 0.1) is 5.82 Å². The van der Waals surface area contributed by atoms with Crippen LogP contribution >= 0.6 is 0 Å². The van der Waals surface area contributed by atoms with Crippen molar-refractivity contribution >= 4 is 5.97 Å². The van der Waals surface area contributed by atoms with Crippen molar-refractivity contribution in [3.05, 3.63) is 57.3 Å². The molecule has 0 saturated carbocycles. The van der Waals surface area contributed by atoms with Crippen LogP contribution < -0.4 is 5.56 Å². The number of carboxylic acids is 1. The lowest BCUT2D eigenvalue weighted by atomic mass is 9.93. The smallest absolute Gasteiger partial charge is 0.341 e. The van der Waals surface area contributed by atoms with Crippen LogP contribution in [-0.4, -0.2) is 20.9 Å². The van der Waals surface area contributed by atoms with Crippen molar-refractivity contribution < 1.29 is 14.3 Å². The number of aryl methyl sites for hydroxylation is 1. The average Bonchev–Trinajstić information content (AvgIpc) is 2.47. The normalized spacial score (nSPS) is 13.8. The van der Waals surface area contributed by atoms with Crippen molar-refractivity contribution in [1.29, 1.82) is 0 Å². The zero-order valence-electron chi connectivity index (χ0n) is 11.2. The first kappa shape index (κ1) is 13.5. The van der Waals surface area contributed by atoms with Crippen LogP contribution in [-0.2, 0) is 12.8 Å². The Kier molecular flexibility index (Phi) is 3.29. The topological polar surface area (TPSA) is 72.2 Å². The van der Waals surface area contributed by atoms with Crippen molar-refractivity contribution in [3.63, 3.8) is 0 Å². The van der Waals surface area contributed by atoms with E-state index in [-0.39, 0.29) is 5.56 Å². The molecule has 3 rings (SSSR count). The molecule has 6 heteroatoms. The molecule has 5 nitrogen and oxygen atoms in total. The number of hydrogen-bond acceptors (Lipinski definition) is 3. The van der Waals surface area contributed by atoms with E-state index in [1.807, 2.05) is 0 Å². The fourth-order valence-electron chi connectivity index (χ4n) is 2.65. The van der Waals surface area contributed by atoms with Crippen LogP contribution in [0.4, 0.5) is 4.39 Å². The van der Waals surface area contributed by atoms with E-state index in [9.17, 15) is 19.1 Å². The molecule has 0 radical (unpaired) electrons. The van der Waals surface area contributed by atoms with Gasteiger partial charge in [0.1, 0.15) is 11.4 Å². The Balaban J connectivity index is 2.27. The molecular formula is C15H13FN2O3. The monoisotopic (exact) mass is 288 g/mol. The summed E-state index contributed by atoms with van der Waals surface area (Å²) in [5, 5.41) is 13.6. The molecule has 0 unspecified atom stereocenters. The van der Waals surface area contributed by atoms with E-state index in [1.165, 1.54) is 24.3 Å². The number of rotatable bonds is 2. The summed E-state index contributed by atoms with van der Waals surface area (Å²) < 4.78 is 14.0. The molecule has 21 heavy (non-hydrogen) atoms. The van der Waals surface area contributed by atoms with E-state index < -0.39 is 17.3 Å². The number of halogens is 1. The van der Waals surface area contributed by atoms with Gasteiger partial charge in [-0.05, 0) is 55.5 Å². The van der Waals surface area contributed by atoms with Gasteiger partial charge in [0.05, 0.1) is 11.4 Å². The molecule has 0 bridgehead atoms. The summed E-state index contributed by atoms with van der Waals surface area (Å²) in [6.07, 6.45) is 2.98. The zero-order valence-corrected chi connectivity index (χ0v) is 11.2. The Morgan fingerprint density at radius 2 is 1.86 bits per heavy atom. The molecule has 0 aliphatic heterocycles. The average molecular weight is 288 g/mol. The molecule has 0 amide bonds. The first-order valence-electron chi connectivity index (χ1n) is 6.72. The Hall–Kier alpha value is -2.50. The first-order valence-corrected chi connectivity index (χ1v) is 6.72. The summed E-state index contributed by atoms with van der Waals surface area (Å²) in [6.45, 7) is 0. The van der Waals surface area contributed by atoms with Crippen molar-refractivity contribution in [2.75, 3.05) is 0 Å². The maximum absolute atomic E-state index is 13.0. The summed E-state index contributed by atoms with van der Waals surface area (Å²) in [7, 11) is 0. The van der Waals surface area contributed by atoms with E-state index in [4.69, 9.17) is 0 Å². The lowest BCUT2D eigenvalue weighted by Gasteiger charge is -2.18. The maximum atomic E-state index is 13.0. The lowest BCUT2D eigenvalue weighted by molar-refractivity contribution is 0.0692. The number of carboxylic acid groups (broad SMARTS) is 1. The Morgan fingerprint density at radius 1 is 1.19 bits per heavy atom. The Morgan fingerprint density at radius 3 is 2.52 bits per heavy atom. The van der Waals surface area contributed by atoms with Crippen molar-refractivity contribution in [2.45, 2.75) is 25.7 Å². The zero-order chi connectivity index (χ0) is 15.0. The van der Waals surface area contributed by atoms with Gasteiger partial charge < -0.3 is 5.11 Å². The molecule has 1 N–H and O–H groups in total. The second kappa shape index (κ2) is 5.12. The van der Waals surface area contributed by atoms with Gasteiger partial charge in [0.2, 0.25) is 0 Å². The standard InChI is InChI=1S/C15H13FN2O3/c16-9-5-7-10(8-6-9)18-14(19)13(15(20)21)11-3-1-2-4-12(11)17-18/h5-8H,1-4H2,(H,20,21). The highest BCUT2D eigenvalue weighted by molar-refractivity contribution is 5.89. The number of benzene rings is 1. The minimum Gasteiger partial charge on any atom is -0.477 e. The molecule has 1 aromatic heterocycles. The number of carbonyl (C=O) groups is 1. The molecule has 1 aliphatic carbocycles. The second-order valence-corrected chi connectivity index (χ2v) is 5.01. The van der Waals surface area contributed by atoms with E-state index in [1.54, 1.807) is 0 Å². The van der Waals surface area contributed by atoms with Gasteiger partial charge in [0.25, 0.3) is 5.56 Å². The predicted molar refractivity (Wildman–Crippen MR) is 73.4 cm³/mol. The van der Waals surface area contributed by atoms with E-state index >= 15 is 0 Å². The van der Waals surface area contributed by atoms with Gasteiger partial charge in [0.15, 0.2) is 0 Å². The number of hydrogen-bond donors (Lipinski definition) is 1. The van der Waals surface area contributed by atoms with Crippen LogP contribution in [0.5, 0.6) is 0 Å². The maximum Gasteiger partial charge on any atom is 0.341 e. The molecule has 0 fully saturated rings. The first-order chi connectivity index (χ1) is 10.1. The quantitative estimate of drug-likeness (QED) is 0.916. The summed E-state index contributed by atoms with van der Waals surface area (Å²) in [6, 6.07) is 5.24. The van der Waals surface area contributed by atoms with E-state index in [0.717, 1.165) is 17.5 Å². The Bertz CT molecular complexity index is 766. The van der Waals surface area contributed by atoms with Gasteiger partial charge in [0, 0.05) is 0 Å². The third-order valence-corrected chi connectivity index (χ3v) is 3.65. The predicted octanol–water partition coefficient (Wildman–Crippen LogP) is 1.95. The molecule has 108 valence electrons. The van der Waals surface area contributed by atoms with Crippen LogP contribution in [0.25, 0.3) is 5.69 Å². The van der Waals surface area contributed by atoms with Crippen molar-refractivity contribution in [1.82, 2.24) is 9.78 Å². The van der Waals surface area contributed by atoms with Crippen LogP contribution in [0.2, 0.25) is 0 Å². The lowest BCUT2D eigenvalue weighted by Crippen LogP contribution is -2.32. The summed E-state index contributed by atoms with van der Waals surface area (Å²) in [5.74, 6) is -1.67. The molecule has 0 saturated heterocycles. The molecule has 1 aliphatic rings. The van der Waals surface area contributed by atoms with Crippen molar-refractivity contribution in [2.24, 2.45) is 0 Å². The van der Waals surface area contributed by atoms with E-state index in [0.29, 0.717) is 29.8 Å². The summed E-state index contributed by atoms with van der Waals surface area (Å²) >= 11 is 0. The van der Waals surface area contributed by atoms with Gasteiger partial charge in [-0.2, -0.15) is 9.78 Å². The fourth-order valence-corrected chi connectivity index (χ4v) is 2.65. The van der Waals surface area contributed by atoms with E-state index in [2.05, 4.69) is 5.10 Å². The molecule has 1 aromatic carbocycles. The molecule has 2 aromatic rings. The second-order valence-electron chi connectivity index (χ2n) is 5.01. The third-order valence-electron chi connectivity index (χ3n) is 3.65. The minimum absolute atomic E-state index is 0.218. The van der Waals surface area contributed by atoms with Gasteiger partial charge >= 0.3 is 5.97 Å². The highest BCUT2D eigenvalue weighted by Gasteiger charge is 2.24. The Labute approximate surface area is 119 Å². The number of nitrogens with zero attached hydrogens (tertiary/aromatic N) is 2. The molecule has 1 heterocycles. The summed E-state index contributed by atoms with van der Waals surface area (Å²) in [4.78, 5) is 23.8. The number of aromatic carboxylic acids is 1. The molecule has 0 atom stereocenters. The molecular weight excluding hydrogens is 275 g/mol. The largest absolute Gasteiger partial charge is 0.477 e. The number of aromatic nitrogens is 2. The van der Waals surface area contributed by atoms with Crippen LogP contribution in [0.1, 0.15) is 34.5 Å². The highest BCUT2D eigenvalue weighted by atomic mass is 19.1. The highest BCUT2D eigenvalue weighted by Crippen LogP contribution is 2.21. The summed E-state index contributed by atoms with van der Waals surface area (Å²) in [5.41, 5.74) is 0.649. The fraction of sp³-hybridized carbons (Fsp3) is 0.267. The molecule has 0 spiro atoms. The van der Waals surface area contributed by atoms with Crippen LogP contribution in [0.15, 0.2) is 29.1 Å². The number of fused-ring (bicyclic) bond motifs is 1. The van der Waals surface area contributed by atoms with Crippen molar-refractivity contribution in [3.8, 4) is 5.69 Å². The van der Waals surface area contributed by atoms with Gasteiger partial charge in [-0.15, -0.1) is 0 Å². The van der Waals surface area contributed by atoms with Gasteiger partial charge in [-0.25, -0.2) is 9.18 Å². The SMILES string of the molecule is O=C(O)c1c2c(nn(-c3ccc(F)cc3)c1=O)CCCC2.